The molecule has 1 aliphatic rings. The monoisotopic (exact) mass is 385 g/mol. The SMILES string of the molecule is CCC(C(=O)O)N1C(=O)/C(=C/c2ccc(Br)cc2)SC1=S. The van der Waals surface area contributed by atoms with Gasteiger partial charge in [-0.3, -0.25) is 9.69 Å². The number of thiocarbonyl (C=S) groups is 1. The van der Waals surface area contributed by atoms with Crippen molar-refractivity contribution >= 4 is 62.2 Å². The summed E-state index contributed by atoms with van der Waals surface area (Å²) in [4.78, 5) is 25.2. The number of carboxylic acids is 1. The number of aliphatic carboxylic acids is 1. The Morgan fingerprint density at radius 3 is 2.62 bits per heavy atom. The van der Waals surface area contributed by atoms with Crippen molar-refractivity contribution in [2.45, 2.75) is 19.4 Å². The summed E-state index contributed by atoms with van der Waals surface area (Å²) in [7, 11) is 0. The lowest BCUT2D eigenvalue weighted by Crippen LogP contribution is -2.43. The molecule has 1 aromatic carbocycles. The van der Waals surface area contributed by atoms with E-state index in [2.05, 4.69) is 15.9 Å². The first-order chi connectivity index (χ1) is 9.93. The zero-order valence-corrected chi connectivity index (χ0v) is 14.3. The number of halogens is 1. The van der Waals surface area contributed by atoms with Gasteiger partial charge in [0.1, 0.15) is 10.4 Å². The number of rotatable bonds is 4. The number of amides is 1. The van der Waals surface area contributed by atoms with Crippen molar-refractivity contribution in [2.24, 2.45) is 0 Å². The van der Waals surface area contributed by atoms with Crippen LogP contribution in [0.2, 0.25) is 0 Å². The second kappa shape index (κ2) is 6.72. The number of nitrogens with zero attached hydrogens (tertiary/aromatic N) is 1. The quantitative estimate of drug-likeness (QED) is 0.634. The Bertz CT molecular complexity index is 628. The molecular formula is C14H12BrNO3S2. The van der Waals surface area contributed by atoms with Gasteiger partial charge in [-0.2, -0.15) is 0 Å². The normalized spacial score (nSPS) is 18.4. The molecule has 1 saturated heterocycles. The molecule has 0 saturated carbocycles. The maximum absolute atomic E-state index is 12.4. The van der Waals surface area contributed by atoms with Gasteiger partial charge in [-0.15, -0.1) is 0 Å². The van der Waals surface area contributed by atoms with E-state index in [1.165, 1.54) is 4.90 Å². The highest BCUT2D eigenvalue weighted by Crippen LogP contribution is 2.34. The molecule has 0 radical (unpaired) electrons. The fourth-order valence-corrected chi connectivity index (χ4v) is 3.55. The molecule has 0 aromatic heterocycles. The Kier molecular flexibility index (Phi) is 5.18. The molecule has 1 aromatic rings. The van der Waals surface area contributed by atoms with Crippen LogP contribution in [0.5, 0.6) is 0 Å². The summed E-state index contributed by atoms with van der Waals surface area (Å²) in [6.45, 7) is 1.72. The van der Waals surface area contributed by atoms with Gasteiger partial charge >= 0.3 is 5.97 Å². The fraction of sp³-hybridized carbons (Fsp3) is 0.214. The molecule has 0 aliphatic carbocycles. The second-order valence-electron chi connectivity index (χ2n) is 4.37. The molecule has 1 unspecified atom stereocenters. The highest BCUT2D eigenvalue weighted by Gasteiger charge is 2.39. The average Bonchev–Trinajstić information content (AvgIpc) is 2.70. The summed E-state index contributed by atoms with van der Waals surface area (Å²) >= 11 is 9.63. The molecule has 0 bridgehead atoms. The van der Waals surface area contributed by atoms with Crippen molar-refractivity contribution in [2.75, 3.05) is 0 Å². The van der Waals surface area contributed by atoms with E-state index in [1.54, 1.807) is 13.0 Å². The van der Waals surface area contributed by atoms with E-state index in [9.17, 15) is 14.7 Å². The molecule has 0 spiro atoms. The predicted molar refractivity (Wildman–Crippen MR) is 90.9 cm³/mol. The number of hydrogen-bond acceptors (Lipinski definition) is 4. The number of thioether (sulfide) groups is 1. The van der Waals surface area contributed by atoms with Gasteiger partial charge in [0, 0.05) is 4.47 Å². The van der Waals surface area contributed by atoms with Crippen LogP contribution >= 0.6 is 39.9 Å². The van der Waals surface area contributed by atoms with Gasteiger partial charge in [0.2, 0.25) is 0 Å². The Balaban J connectivity index is 2.29. The van der Waals surface area contributed by atoms with Crippen LogP contribution in [0.15, 0.2) is 33.6 Å². The van der Waals surface area contributed by atoms with Crippen molar-refractivity contribution in [3.05, 3.63) is 39.2 Å². The van der Waals surface area contributed by atoms with Gasteiger partial charge in [0.25, 0.3) is 5.91 Å². The van der Waals surface area contributed by atoms with Crippen molar-refractivity contribution in [1.29, 1.82) is 0 Å². The first-order valence-electron chi connectivity index (χ1n) is 6.19. The predicted octanol–water partition coefficient (Wildman–Crippen LogP) is 3.51. The number of carbonyl (C=O) groups excluding carboxylic acids is 1. The maximum Gasteiger partial charge on any atom is 0.326 e. The molecular weight excluding hydrogens is 374 g/mol. The van der Waals surface area contributed by atoms with Crippen LogP contribution in [0.25, 0.3) is 6.08 Å². The Morgan fingerprint density at radius 2 is 2.10 bits per heavy atom. The fourth-order valence-electron chi connectivity index (χ4n) is 1.93. The van der Waals surface area contributed by atoms with Crippen molar-refractivity contribution in [1.82, 2.24) is 4.90 Å². The molecule has 1 aliphatic heterocycles. The van der Waals surface area contributed by atoms with Gasteiger partial charge in [0.05, 0.1) is 4.91 Å². The number of carbonyl (C=O) groups is 2. The molecule has 2 rings (SSSR count). The molecule has 1 amide bonds. The topological polar surface area (TPSA) is 57.6 Å². The summed E-state index contributed by atoms with van der Waals surface area (Å²) in [6, 6.07) is 6.57. The zero-order chi connectivity index (χ0) is 15.6. The van der Waals surface area contributed by atoms with E-state index in [-0.39, 0.29) is 10.2 Å². The first-order valence-corrected chi connectivity index (χ1v) is 8.21. The molecule has 1 heterocycles. The van der Waals surface area contributed by atoms with Crippen molar-refractivity contribution < 1.29 is 14.7 Å². The van der Waals surface area contributed by atoms with E-state index in [4.69, 9.17) is 12.2 Å². The lowest BCUT2D eigenvalue weighted by molar-refractivity contribution is -0.145. The molecule has 1 N–H and O–H groups in total. The largest absolute Gasteiger partial charge is 0.480 e. The van der Waals surface area contributed by atoms with Crippen molar-refractivity contribution in [3.63, 3.8) is 0 Å². The van der Waals surface area contributed by atoms with Gasteiger partial charge in [-0.05, 0) is 30.2 Å². The maximum atomic E-state index is 12.4. The van der Waals surface area contributed by atoms with Gasteiger partial charge < -0.3 is 5.11 Å². The van der Waals surface area contributed by atoms with Crippen LogP contribution < -0.4 is 0 Å². The lowest BCUT2D eigenvalue weighted by atomic mass is 10.2. The number of hydrogen-bond donors (Lipinski definition) is 1. The standard InChI is InChI=1S/C14H12BrNO3S2/c1-2-10(13(18)19)16-12(17)11(21-14(16)20)7-8-3-5-9(15)6-4-8/h3-7,10H,2H2,1H3,(H,18,19)/b11-7-. The summed E-state index contributed by atoms with van der Waals surface area (Å²) < 4.78 is 1.24. The van der Waals surface area contributed by atoms with Crippen LogP contribution in [-0.2, 0) is 9.59 Å². The summed E-state index contributed by atoms with van der Waals surface area (Å²) in [5.41, 5.74) is 0.863. The van der Waals surface area contributed by atoms with Gasteiger partial charge in [0.15, 0.2) is 0 Å². The van der Waals surface area contributed by atoms with Crippen LogP contribution in [0, 0.1) is 0 Å². The minimum Gasteiger partial charge on any atom is -0.480 e. The lowest BCUT2D eigenvalue weighted by Gasteiger charge is -2.21. The third-order valence-electron chi connectivity index (χ3n) is 2.97. The highest BCUT2D eigenvalue weighted by atomic mass is 79.9. The van der Waals surface area contributed by atoms with Crippen LogP contribution in [0.1, 0.15) is 18.9 Å². The minimum atomic E-state index is -1.04. The molecule has 21 heavy (non-hydrogen) atoms. The second-order valence-corrected chi connectivity index (χ2v) is 6.96. The minimum absolute atomic E-state index is 0.289. The van der Waals surface area contributed by atoms with Crippen molar-refractivity contribution in [3.8, 4) is 0 Å². The summed E-state index contributed by atoms with van der Waals surface area (Å²) in [5, 5.41) is 9.19. The smallest absolute Gasteiger partial charge is 0.326 e. The third-order valence-corrected chi connectivity index (χ3v) is 4.83. The number of carboxylic acid groups (broad SMARTS) is 1. The van der Waals surface area contributed by atoms with E-state index in [1.807, 2.05) is 24.3 Å². The van der Waals surface area contributed by atoms with E-state index in [0.717, 1.165) is 21.8 Å². The molecule has 7 heteroatoms. The number of benzene rings is 1. The van der Waals surface area contributed by atoms with Crippen LogP contribution in [0.4, 0.5) is 0 Å². The Labute approximate surface area is 140 Å². The van der Waals surface area contributed by atoms with Gasteiger partial charge in [-0.25, -0.2) is 4.79 Å². The summed E-state index contributed by atoms with van der Waals surface area (Å²) in [6.07, 6.45) is 2.04. The Morgan fingerprint density at radius 1 is 1.48 bits per heavy atom. The Hall–Kier alpha value is -1.18. The van der Waals surface area contributed by atoms with Gasteiger partial charge in [-0.1, -0.05) is 59.0 Å². The first kappa shape index (κ1) is 16.2. The molecule has 1 atom stereocenters. The zero-order valence-electron chi connectivity index (χ0n) is 11.1. The van der Waals surface area contributed by atoms with Crippen LogP contribution in [-0.4, -0.2) is 32.2 Å². The average molecular weight is 386 g/mol. The molecule has 4 nitrogen and oxygen atoms in total. The summed E-state index contributed by atoms with van der Waals surface area (Å²) in [5.74, 6) is -1.39. The van der Waals surface area contributed by atoms with E-state index >= 15 is 0 Å². The molecule has 1 fully saturated rings. The van der Waals surface area contributed by atoms with E-state index in [0.29, 0.717) is 11.3 Å². The highest BCUT2D eigenvalue weighted by molar-refractivity contribution is 9.10. The van der Waals surface area contributed by atoms with E-state index < -0.39 is 12.0 Å². The third kappa shape index (κ3) is 3.53. The van der Waals surface area contributed by atoms with Crippen LogP contribution in [0.3, 0.4) is 0 Å². The molecule has 110 valence electrons.